The number of aliphatic imine (C=N–C) groups is 1. The van der Waals surface area contributed by atoms with Gasteiger partial charge in [-0.15, -0.1) is 0 Å². The van der Waals surface area contributed by atoms with Crippen LogP contribution in [0.25, 0.3) is 0 Å². The maximum absolute atomic E-state index is 4.59. The highest BCUT2D eigenvalue weighted by Crippen LogP contribution is 2.14. The van der Waals surface area contributed by atoms with Crippen LogP contribution in [0.1, 0.15) is 5.56 Å². The maximum Gasteiger partial charge on any atom is 0.143 e. The molecule has 0 N–H and O–H groups in total. The van der Waals surface area contributed by atoms with Gasteiger partial charge in [0.05, 0.1) is 5.70 Å². The quantitative estimate of drug-likeness (QED) is 0.480. The summed E-state index contributed by atoms with van der Waals surface area (Å²) in [6.07, 6.45) is 10.5. The first-order valence-electron chi connectivity index (χ1n) is 6.84. The van der Waals surface area contributed by atoms with Crippen molar-refractivity contribution in [2.75, 3.05) is 11.9 Å². The summed E-state index contributed by atoms with van der Waals surface area (Å²) in [6.45, 7) is 7.59. The van der Waals surface area contributed by atoms with Gasteiger partial charge in [0.1, 0.15) is 11.7 Å². The van der Waals surface area contributed by atoms with Crippen molar-refractivity contribution in [2.24, 2.45) is 4.99 Å². The van der Waals surface area contributed by atoms with E-state index in [1.165, 1.54) is 0 Å². The van der Waals surface area contributed by atoms with Gasteiger partial charge in [-0.3, -0.25) is 4.98 Å². The highest BCUT2D eigenvalue weighted by Gasteiger charge is 2.12. The first-order valence-corrected chi connectivity index (χ1v) is 6.84. The summed E-state index contributed by atoms with van der Waals surface area (Å²) in [5.74, 6) is 1.52. The molecule has 0 unspecified atom stereocenters. The second kappa shape index (κ2) is 7.69. The number of hydrogen-bond acceptors (Lipinski definition) is 3. The van der Waals surface area contributed by atoms with Gasteiger partial charge in [-0.25, -0.2) is 9.98 Å². The highest BCUT2D eigenvalue weighted by molar-refractivity contribution is 6.09. The van der Waals surface area contributed by atoms with Gasteiger partial charge < -0.3 is 4.90 Å². The minimum atomic E-state index is 0.626. The monoisotopic (exact) mass is 290 g/mol. The van der Waals surface area contributed by atoms with E-state index < -0.39 is 0 Å². The molecule has 0 aromatic carbocycles. The SMILES string of the molecule is C=C/C=C\C(=C)N=C(c1cccnc1)N(C)c1ccccn1. The number of amidine groups is 1. The van der Waals surface area contributed by atoms with Gasteiger partial charge in [0, 0.05) is 31.2 Å². The maximum atomic E-state index is 4.59. The van der Waals surface area contributed by atoms with Gasteiger partial charge >= 0.3 is 0 Å². The van der Waals surface area contributed by atoms with Crippen LogP contribution in [0.15, 0.2) is 91.0 Å². The van der Waals surface area contributed by atoms with E-state index in [-0.39, 0.29) is 0 Å². The van der Waals surface area contributed by atoms with Gasteiger partial charge in [-0.1, -0.05) is 31.4 Å². The molecule has 2 aromatic heterocycles. The van der Waals surface area contributed by atoms with E-state index in [1.54, 1.807) is 36.8 Å². The molecule has 0 aliphatic heterocycles. The van der Waals surface area contributed by atoms with Gasteiger partial charge in [0.15, 0.2) is 0 Å². The Kier molecular flexibility index (Phi) is 5.37. The second-order valence-corrected chi connectivity index (χ2v) is 4.51. The number of hydrogen-bond donors (Lipinski definition) is 0. The third-order valence-corrected chi connectivity index (χ3v) is 2.90. The van der Waals surface area contributed by atoms with Crippen molar-refractivity contribution in [2.45, 2.75) is 0 Å². The van der Waals surface area contributed by atoms with E-state index in [2.05, 4.69) is 28.1 Å². The molecule has 0 amide bonds. The number of anilines is 1. The van der Waals surface area contributed by atoms with Gasteiger partial charge in [-0.05, 0) is 30.3 Å². The fourth-order valence-corrected chi connectivity index (χ4v) is 1.84. The molecule has 0 spiro atoms. The minimum Gasteiger partial charge on any atom is -0.314 e. The predicted molar refractivity (Wildman–Crippen MR) is 91.9 cm³/mol. The molecule has 0 fully saturated rings. The first-order chi connectivity index (χ1) is 10.7. The number of nitrogens with zero attached hydrogens (tertiary/aromatic N) is 4. The molecule has 0 saturated heterocycles. The second-order valence-electron chi connectivity index (χ2n) is 4.51. The third kappa shape index (κ3) is 3.99. The van der Waals surface area contributed by atoms with Crippen LogP contribution in [0.5, 0.6) is 0 Å². The predicted octanol–water partition coefficient (Wildman–Crippen LogP) is 3.62. The summed E-state index contributed by atoms with van der Waals surface area (Å²) >= 11 is 0. The zero-order chi connectivity index (χ0) is 15.8. The molecule has 0 atom stereocenters. The van der Waals surface area contributed by atoms with Crippen molar-refractivity contribution in [1.82, 2.24) is 9.97 Å². The van der Waals surface area contributed by atoms with Crippen molar-refractivity contribution in [1.29, 1.82) is 0 Å². The Morgan fingerprint density at radius 3 is 2.73 bits per heavy atom. The smallest absolute Gasteiger partial charge is 0.143 e. The van der Waals surface area contributed by atoms with Crippen LogP contribution in [0.2, 0.25) is 0 Å². The van der Waals surface area contributed by atoms with Crippen LogP contribution in [0.3, 0.4) is 0 Å². The Hall–Kier alpha value is -3.01. The van der Waals surface area contributed by atoms with Crippen molar-refractivity contribution < 1.29 is 0 Å². The number of allylic oxidation sites excluding steroid dienone is 3. The van der Waals surface area contributed by atoms with E-state index in [1.807, 2.05) is 42.3 Å². The lowest BCUT2D eigenvalue weighted by molar-refractivity contribution is 1.14. The normalized spacial score (nSPS) is 11.4. The lowest BCUT2D eigenvalue weighted by Gasteiger charge is -2.20. The molecule has 4 nitrogen and oxygen atoms in total. The standard InChI is InChI=1S/C18H18N4/c1-4-5-9-15(2)21-18(16-10-8-12-19-14-16)22(3)17-11-6-7-13-20-17/h4-14H,1-2H2,3H3/b9-5-,21-18?. The van der Waals surface area contributed by atoms with E-state index in [4.69, 9.17) is 0 Å². The molecular formula is C18H18N4. The molecule has 2 aromatic rings. The van der Waals surface area contributed by atoms with E-state index >= 15 is 0 Å². The molecule has 0 saturated carbocycles. The summed E-state index contributed by atoms with van der Waals surface area (Å²) in [5, 5.41) is 0. The fraction of sp³-hybridized carbons (Fsp3) is 0.0556. The Morgan fingerprint density at radius 1 is 1.23 bits per heavy atom. The molecule has 110 valence electrons. The van der Waals surface area contributed by atoms with Crippen LogP contribution >= 0.6 is 0 Å². The summed E-state index contributed by atoms with van der Waals surface area (Å²) in [5.41, 5.74) is 1.52. The Morgan fingerprint density at radius 2 is 2.09 bits per heavy atom. The van der Waals surface area contributed by atoms with E-state index in [9.17, 15) is 0 Å². The summed E-state index contributed by atoms with van der Waals surface area (Å²) < 4.78 is 0. The Balaban J connectivity index is 2.42. The van der Waals surface area contributed by atoms with E-state index in [0.29, 0.717) is 5.70 Å². The fourth-order valence-electron chi connectivity index (χ4n) is 1.84. The topological polar surface area (TPSA) is 41.4 Å². The van der Waals surface area contributed by atoms with Crippen molar-refractivity contribution in [3.63, 3.8) is 0 Å². The molecule has 2 rings (SSSR count). The Labute approximate surface area is 130 Å². The lowest BCUT2D eigenvalue weighted by Crippen LogP contribution is -2.28. The van der Waals surface area contributed by atoms with Crippen molar-refractivity contribution >= 4 is 11.7 Å². The molecule has 0 aliphatic carbocycles. The zero-order valence-electron chi connectivity index (χ0n) is 12.6. The molecule has 0 bridgehead atoms. The van der Waals surface area contributed by atoms with E-state index in [0.717, 1.165) is 17.2 Å². The largest absolute Gasteiger partial charge is 0.314 e. The molecule has 22 heavy (non-hydrogen) atoms. The zero-order valence-corrected chi connectivity index (χ0v) is 12.6. The molecule has 0 radical (unpaired) electrons. The van der Waals surface area contributed by atoms with Crippen LogP contribution in [-0.4, -0.2) is 22.9 Å². The first kappa shape index (κ1) is 15.4. The summed E-state index contributed by atoms with van der Waals surface area (Å²) in [7, 11) is 1.92. The molecule has 0 aliphatic rings. The average Bonchev–Trinajstić information content (AvgIpc) is 2.59. The third-order valence-electron chi connectivity index (χ3n) is 2.90. The van der Waals surface area contributed by atoms with Crippen LogP contribution in [-0.2, 0) is 0 Å². The number of aromatic nitrogens is 2. The molecule has 2 heterocycles. The van der Waals surface area contributed by atoms with Gasteiger partial charge in [0.2, 0.25) is 0 Å². The number of pyridine rings is 2. The average molecular weight is 290 g/mol. The molecular weight excluding hydrogens is 272 g/mol. The van der Waals surface area contributed by atoms with Crippen molar-refractivity contribution in [3.05, 3.63) is 91.6 Å². The van der Waals surface area contributed by atoms with Crippen LogP contribution in [0, 0.1) is 0 Å². The Bertz CT molecular complexity index is 688. The van der Waals surface area contributed by atoms with Gasteiger partial charge in [-0.2, -0.15) is 0 Å². The number of rotatable bonds is 5. The highest BCUT2D eigenvalue weighted by atomic mass is 15.2. The van der Waals surface area contributed by atoms with Crippen molar-refractivity contribution in [3.8, 4) is 0 Å². The minimum absolute atomic E-state index is 0.626. The molecule has 4 heteroatoms. The van der Waals surface area contributed by atoms with Crippen LogP contribution < -0.4 is 4.90 Å². The summed E-state index contributed by atoms with van der Waals surface area (Å²) in [6, 6.07) is 9.57. The van der Waals surface area contributed by atoms with Crippen LogP contribution in [0.4, 0.5) is 5.82 Å². The van der Waals surface area contributed by atoms with Gasteiger partial charge in [0.25, 0.3) is 0 Å². The summed E-state index contributed by atoms with van der Waals surface area (Å²) in [4.78, 5) is 15.0. The lowest BCUT2D eigenvalue weighted by atomic mass is 10.2.